The van der Waals surface area contributed by atoms with Crippen LogP contribution < -0.4 is 5.73 Å². The van der Waals surface area contributed by atoms with E-state index in [1.165, 1.54) is 7.28 Å². The Morgan fingerprint density at radius 1 is 1.86 bits per heavy atom. The molecule has 0 heterocycles. The fourth-order valence-corrected chi connectivity index (χ4v) is 0.287. The van der Waals surface area contributed by atoms with Crippen LogP contribution >= 0.6 is 0 Å². The van der Waals surface area contributed by atoms with Crippen molar-refractivity contribution >= 4 is 13.1 Å². The molecule has 0 rings (SSSR count). The van der Waals surface area contributed by atoms with Gasteiger partial charge in [0.2, 0.25) is 7.28 Å². The second kappa shape index (κ2) is 3.72. The van der Waals surface area contributed by atoms with Crippen LogP contribution in [0.2, 0.25) is 6.32 Å². The van der Waals surface area contributed by atoms with Gasteiger partial charge in [0.25, 0.3) is 0 Å². The molecule has 0 atom stereocenters. The van der Waals surface area contributed by atoms with Gasteiger partial charge in [0, 0.05) is 0 Å². The van der Waals surface area contributed by atoms with Crippen molar-refractivity contribution in [2.24, 2.45) is 5.73 Å². The predicted molar refractivity (Wildman–Crippen MR) is 30.4 cm³/mol. The van der Waals surface area contributed by atoms with Crippen LogP contribution in [0.5, 0.6) is 0 Å². The molecule has 1 radical (unpaired) electrons. The van der Waals surface area contributed by atoms with Gasteiger partial charge < -0.3 is 5.73 Å². The van der Waals surface area contributed by atoms with Gasteiger partial charge in [-0.2, -0.15) is 0 Å². The minimum absolute atomic E-state index is 0.318. The van der Waals surface area contributed by atoms with Crippen LogP contribution in [0.4, 0.5) is 4.79 Å². The lowest BCUT2D eigenvalue weighted by molar-refractivity contribution is 0.265. The van der Waals surface area contributed by atoms with Crippen LogP contribution in [0.3, 0.4) is 0 Å². The number of rotatable bonds is 3. The molecule has 39 valence electrons. The zero-order chi connectivity index (χ0) is 5.70. The number of carbonyl (C=O) groups is 1. The Bertz CT molecular complexity index is 64.7. The Morgan fingerprint density at radius 3 is 2.57 bits per heavy atom. The Kier molecular flexibility index (Phi) is 3.47. The molecule has 0 aliphatic carbocycles. The Balaban J connectivity index is 2.82. The summed E-state index contributed by atoms with van der Waals surface area (Å²) >= 11 is 0. The SMILES string of the molecule is CCC[B]C(N)=O. The molecule has 1 amide bonds. The van der Waals surface area contributed by atoms with Crippen LogP contribution in [0, 0.1) is 0 Å². The summed E-state index contributed by atoms with van der Waals surface area (Å²) in [6.45, 7) is 2.00. The Hall–Kier alpha value is -0.465. The molecule has 0 aromatic rings. The first-order valence-corrected chi connectivity index (χ1v) is 2.40. The van der Waals surface area contributed by atoms with Gasteiger partial charge in [0.1, 0.15) is 0 Å². The number of hydrogen-bond acceptors (Lipinski definition) is 1. The first-order valence-electron chi connectivity index (χ1n) is 2.40. The number of amides is 1. The second-order valence-electron chi connectivity index (χ2n) is 1.40. The lowest BCUT2D eigenvalue weighted by atomic mass is 9.73. The maximum Gasteiger partial charge on any atom is 0.232 e. The molecule has 2 nitrogen and oxygen atoms in total. The zero-order valence-electron chi connectivity index (χ0n) is 4.48. The molecular formula is C4H9BNO. The molecule has 0 spiro atoms. The number of nitrogens with two attached hydrogens (primary N) is 1. The monoisotopic (exact) mass is 98.1 g/mol. The first-order chi connectivity index (χ1) is 3.27. The van der Waals surface area contributed by atoms with Crippen LogP contribution in [-0.2, 0) is 0 Å². The van der Waals surface area contributed by atoms with E-state index in [1.807, 2.05) is 6.92 Å². The third kappa shape index (κ3) is 5.53. The van der Waals surface area contributed by atoms with E-state index in [0.717, 1.165) is 12.7 Å². The normalized spacial score (nSPS) is 8.14. The Morgan fingerprint density at radius 2 is 2.43 bits per heavy atom. The number of hydrogen-bond donors (Lipinski definition) is 1. The summed E-state index contributed by atoms with van der Waals surface area (Å²) in [5.41, 5.74) is 4.78. The largest absolute Gasteiger partial charge is 0.379 e. The van der Waals surface area contributed by atoms with Gasteiger partial charge in [-0.1, -0.05) is 19.7 Å². The van der Waals surface area contributed by atoms with Crippen molar-refractivity contribution in [1.82, 2.24) is 0 Å². The van der Waals surface area contributed by atoms with E-state index in [1.54, 1.807) is 0 Å². The first kappa shape index (κ1) is 6.53. The highest BCUT2D eigenvalue weighted by Gasteiger charge is 1.92. The molecule has 2 N–H and O–H groups in total. The molecule has 7 heavy (non-hydrogen) atoms. The van der Waals surface area contributed by atoms with Crippen molar-refractivity contribution in [2.45, 2.75) is 19.7 Å². The molecule has 0 aromatic carbocycles. The van der Waals surface area contributed by atoms with E-state index >= 15 is 0 Å². The number of primary amides is 1. The molecule has 0 unspecified atom stereocenters. The van der Waals surface area contributed by atoms with Crippen molar-refractivity contribution in [1.29, 1.82) is 0 Å². The summed E-state index contributed by atoms with van der Waals surface area (Å²) < 4.78 is 0. The maximum absolute atomic E-state index is 9.92. The van der Waals surface area contributed by atoms with E-state index in [-0.39, 0.29) is 5.81 Å². The van der Waals surface area contributed by atoms with Crippen LogP contribution in [0.25, 0.3) is 0 Å². The smallest absolute Gasteiger partial charge is 0.232 e. The standard InChI is InChI=1S/C4H9BNO/c1-2-3-5-4(6)7/h2-3H2,1H3,(H2,6,7). The fourth-order valence-electron chi connectivity index (χ4n) is 0.287. The van der Waals surface area contributed by atoms with Gasteiger partial charge in [0.05, 0.1) is 0 Å². The lowest BCUT2D eigenvalue weighted by Crippen LogP contribution is -2.16. The molecule has 0 saturated carbocycles. The van der Waals surface area contributed by atoms with Gasteiger partial charge >= 0.3 is 0 Å². The highest BCUT2D eigenvalue weighted by Crippen LogP contribution is 1.82. The molecule has 0 aromatic heterocycles. The van der Waals surface area contributed by atoms with Crippen LogP contribution in [-0.4, -0.2) is 13.1 Å². The van der Waals surface area contributed by atoms with Gasteiger partial charge in [-0.3, -0.25) is 4.79 Å². The summed E-state index contributed by atoms with van der Waals surface area (Å²) in [5.74, 6) is -0.318. The van der Waals surface area contributed by atoms with Crippen molar-refractivity contribution in [3.63, 3.8) is 0 Å². The van der Waals surface area contributed by atoms with Gasteiger partial charge in [-0.05, 0) is 0 Å². The second-order valence-corrected chi connectivity index (χ2v) is 1.40. The van der Waals surface area contributed by atoms with Crippen molar-refractivity contribution < 1.29 is 4.79 Å². The molecule has 0 saturated heterocycles. The van der Waals surface area contributed by atoms with E-state index in [0.29, 0.717) is 0 Å². The van der Waals surface area contributed by atoms with Crippen molar-refractivity contribution in [3.05, 3.63) is 0 Å². The highest BCUT2D eigenvalue weighted by molar-refractivity contribution is 6.73. The zero-order valence-corrected chi connectivity index (χ0v) is 4.48. The number of carbonyl (C=O) groups excluding carboxylic acids is 1. The fraction of sp³-hybridized carbons (Fsp3) is 0.750. The minimum atomic E-state index is -0.318. The summed E-state index contributed by atoms with van der Waals surface area (Å²) in [6, 6.07) is 0. The predicted octanol–water partition coefficient (Wildman–Crippen LogP) is 0.598. The molecule has 0 bridgehead atoms. The van der Waals surface area contributed by atoms with Crippen molar-refractivity contribution in [3.8, 4) is 0 Å². The maximum atomic E-state index is 9.92. The van der Waals surface area contributed by atoms with E-state index < -0.39 is 0 Å². The molecule has 3 heteroatoms. The molecule has 0 aliphatic rings. The van der Waals surface area contributed by atoms with Gasteiger partial charge in [0.15, 0.2) is 5.81 Å². The third-order valence-electron chi connectivity index (χ3n) is 0.634. The molecular weight excluding hydrogens is 88.9 g/mol. The van der Waals surface area contributed by atoms with Crippen molar-refractivity contribution in [2.75, 3.05) is 0 Å². The van der Waals surface area contributed by atoms with Crippen LogP contribution in [0.15, 0.2) is 0 Å². The summed E-state index contributed by atoms with van der Waals surface area (Å²) in [5, 5.41) is 0. The quantitative estimate of drug-likeness (QED) is 0.516. The summed E-state index contributed by atoms with van der Waals surface area (Å²) in [6.07, 6.45) is 1.79. The van der Waals surface area contributed by atoms with Gasteiger partial charge in [-0.15, -0.1) is 0 Å². The van der Waals surface area contributed by atoms with E-state index in [9.17, 15) is 4.79 Å². The highest BCUT2D eigenvalue weighted by atomic mass is 16.1. The van der Waals surface area contributed by atoms with Gasteiger partial charge in [-0.25, -0.2) is 0 Å². The molecule has 0 aliphatic heterocycles. The average Bonchev–Trinajstić information content (AvgIpc) is 1.61. The summed E-state index contributed by atoms with van der Waals surface area (Å²) in [4.78, 5) is 9.92. The van der Waals surface area contributed by atoms with E-state index in [2.05, 4.69) is 0 Å². The topological polar surface area (TPSA) is 43.1 Å². The lowest BCUT2D eigenvalue weighted by Gasteiger charge is -1.84. The van der Waals surface area contributed by atoms with E-state index in [4.69, 9.17) is 5.73 Å². The Labute approximate surface area is 44.3 Å². The molecule has 0 fully saturated rings. The van der Waals surface area contributed by atoms with Crippen LogP contribution in [0.1, 0.15) is 13.3 Å². The summed E-state index contributed by atoms with van der Waals surface area (Å²) in [7, 11) is 1.49. The average molecular weight is 97.9 g/mol. The third-order valence-corrected chi connectivity index (χ3v) is 0.634. The minimum Gasteiger partial charge on any atom is -0.379 e.